The molecule has 3 rings (SSSR count). The number of halogens is 4. The number of amides is 1. The molecular formula is C19H22ClF3N4O+2. The lowest BCUT2D eigenvalue weighted by atomic mass is 10.2. The van der Waals surface area contributed by atoms with Crippen molar-refractivity contribution in [3.05, 3.63) is 53.2 Å². The zero-order valence-electron chi connectivity index (χ0n) is 15.3. The van der Waals surface area contributed by atoms with Gasteiger partial charge < -0.3 is 10.2 Å². The van der Waals surface area contributed by atoms with Gasteiger partial charge in [0.05, 0.1) is 5.56 Å². The first-order chi connectivity index (χ1) is 13.3. The van der Waals surface area contributed by atoms with E-state index in [0.717, 1.165) is 22.9 Å². The number of hydrogen-bond donors (Lipinski definition) is 2. The molecular weight excluding hydrogens is 393 g/mol. The highest BCUT2D eigenvalue weighted by Crippen LogP contribution is 2.32. The summed E-state index contributed by atoms with van der Waals surface area (Å²) in [5, 5.41) is 2.94. The summed E-state index contributed by atoms with van der Waals surface area (Å²) < 4.78 is 38.3. The molecule has 0 saturated carbocycles. The molecule has 1 aromatic heterocycles. The summed E-state index contributed by atoms with van der Waals surface area (Å²) in [5.41, 5.74) is -0.0553. The van der Waals surface area contributed by atoms with Crippen molar-refractivity contribution in [2.75, 3.05) is 36.4 Å². The molecule has 1 atom stereocenters. The van der Waals surface area contributed by atoms with Gasteiger partial charge in [0.25, 0.3) is 11.7 Å². The molecule has 0 unspecified atom stereocenters. The van der Waals surface area contributed by atoms with Gasteiger partial charge in [-0.15, -0.1) is 0 Å². The van der Waals surface area contributed by atoms with E-state index in [0.29, 0.717) is 32.0 Å². The van der Waals surface area contributed by atoms with Crippen LogP contribution < -0.4 is 20.1 Å². The maximum absolute atomic E-state index is 12.8. The lowest BCUT2D eigenvalue weighted by Gasteiger charge is -2.31. The molecule has 1 amide bonds. The summed E-state index contributed by atoms with van der Waals surface area (Å²) in [4.78, 5) is 18.2. The number of H-pyrrole nitrogens is 1. The van der Waals surface area contributed by atoms with Gasteiger partial charge in [-0.25, -0.2) is 9.88 Å². The van der Waals surface area contributed by atoms with Gasteiger partial charge in [-0.3, -0.25) is 4.79 Å². The molecule has 0 spiro atoms. The first kappa shape index (κ1) is 20.4. The maximum Gasteiger partial charge on any atom is 0.419 e. The number of benzene rings is 1. The van der Waals surface area contributed by atoms with Gasteiger partial charge in [0, 0.05) is 5.69 Å². The van der Waals surface area contributed by atoms with E-state index in [1.165, 1.54) is 0 Å². The number of anilines is 2. The van der Waals surface area contributed by atoms with Crippen molar-refractivity contribution in [1.29, 1.82) is 0 Å². The second-order valence-electron chi connectivity index (χ2n) is 6.80. The summed E-state index contributed by atoms with van der Waals surface area (Å²) in [5.74, 6) is 0.406. The van der Waals surface area contributed by atoms with E-state index in [1.807, 2.05) is 42.2 Å². The Morgan fingerprint density at radius 1 is 1.25 bits per heavy atom. The summed E-state index contributed by atoms with van der Waals surface area (Å²) >= 11 is 6.06. The van der Waals surface area contributed by atoms with Crippen LogP contribution >= 0.6 is 11.6 Å². The minimum absolute atomic E-state index is 0.0353. The number of aromatic nitrogens is 1. The molecule has 28 heavy (non-hydrogen) atoms. The monoisotopic (exact) mass is 414 g/mol. The quantitative estimate of drug-likeness (QED) is 0.803. The zero-order chi connectivity index (χ0) is 20.3. The Kier molecular flexibility index (Phi) is 6.10. The Hall–Kier alpha value is -2.32. The lowest BCUT2D eigenvalue weighted by molar-refractivity contribution is -0.914. The minimum atomic E-state index is -4.44. The van der Waals surface area contributed by atoms with Gasteiger partial charge in [-0.1, -0.05) is 29.8 Å². The van der Waals surface area contributed by atoms with E-state index >= 15 is 0 Å². The van der Waals surface area contributed by atoms with Crippen LogP contribution in [0, 0.1) is 0 Å². The standard InChI is InChI=1S/C19H20ClF3N4O/c1-13(18(28)25-15-5-3-2-4-6-15)26-7-9-27(10-8-26)17-16(20)11-14(12-24-17)19(21,22)23/h2-6,11-13H,7-10H2,1H3,(H,25,28)/p+2/t13-/m1/s1. The lowest BCUT2D eigenvalue weighted by Crippen LogP contribution is -3.19. The van der Waals surface area contributed by atoms with Crippen LogP contribution in [0.2, 0.25) is 5.02 Å². The normalized spacial score (nSPS) is 16.7. The van der Waals surface area contributed by atoms with Crippen molar-refractivity contribution in [1.82, 2.24) is 0 Å². The largest absolute Gasteiger partial charge is 0.419 e. The van der Waals surface area contributed by atoms with Gasteiger partial charge in [0.1, 0.15) is 37.4 Å². The number of pyridine rings is 1. The van der Waals surface area contributed by atoms with E-state index < -0.39 is 11.7 Å². The molecule has 0 aliphatic carbocycles. The van der Waals surface area contributed by atoms with Crippen molar-refractivity contribution >= 4 is 29.0 Å². The van der Waals surface area contributed by atoms with Gasteiger partial charge >= 0.3 is 6.18 Å². The van der Waals surface area contributed by atoms with Gasteiger partial charge in [0.2, 0.25) is 0 Å². The number of aromatic amines is 1. The highest BCUT2D eigenvalue weighted by molar-refractivity contribution is 6.32. The average Bonchev–Trinajstić information content (AvgIpc) is 2.67. The third-order valence-corrected chi connectivity index (χ3v) is 5.26. The van der Waals surface area contributed by atoms with E-state index in [-0.39, 0.29) is 17.0 Å². The second kappa shape index (κ2) is 8.36. The van der Waals surface area contributed by atoms with E-state index in [4.69, 9.17) is 11.6 Å². The third kappa shape index (κ3) is 4.74. The first-order valence-corrected chi connectivity index (χ1v) is 9.37. The first-order valence-electron chi connectivity index (χ1n) is 8.99. The highest BCUT2D eigenvalue weighted by Gasteiger charge is 2.36. The number of nitrogens with one attached hydrogen (secondary N) is 3. The number of nitrogens with zero attached hydrogens (tertiary/aromatic N) is 1. The predicted octanol–water partition coefficient (Wildman–Crippen LogP) is 1.91. The molecule has 1 fully saturated rings. The molecule has 150 valence electrons. The number of hydrogen-bond acceptors (Lipinski definition) is 2. The van der Waals surface area contributed by atoms with Crippen molar-refractivity contribution in [2.24, 2.45) is 0 Å². The second-order valence-corrected chi connectivity index (χ2v) is 7.21. The number of para-hydroxylation sites is 1. The summed E-state index contributed by atoms with van der Waals surface area (Å²) in [6.45, 7) is 4.39. The Balaban J connectivity index is 1.59. The van der Waals surface area contributed by atoms with Crippen LogP contribution in [0.1, 0.15) is 12.5 Å². The van der Waals surface area contributed by atoms with Gasteiger partial charge in [0.15, 0.2) is 6.04 Å². The molecule has 0 bridgehead atoms. The molecule has 9 heteroatoms. The highest BCUT2D eigenvalue weighted by atomic mass is 35.5. The van der Waals surface area contributed by atoms with Crippen molar-refractivity contribution in [2.45, 2.75) is 19.1 Å². The number of carbonyl (C=O) groups is 1. The smallest absolute Gasteiger partial charge is 0.321 e. The minimum Gasteiger partial charge on any atom is -0.321 e. The fourth-order valence-electron chi connectivity index (χ4n) is 3.28. The van der Waals surface area contributed by atoms with Crippen LogP contribution in [0.15, 0.2) is 42.6 Å². The van der Waals surface area contributed by atoms with Crippen molar-refractivity contribution in [3.63, 3.8) is 0 Å². The number of piperazine rings is 1. The van der Waals surface area contributed by atoms with Crippen LogP contribution in [-0.2, 0) is 11.0 Å². The van der Waals surface area contributed by atoms with Crippen LogP contribution in [0.3, 0.4) is 0 Å². The van der Waals surface area contributed by atoms with E-state index in [9.17, 15) is 18.0 Å². The van der Waals surface area contributed by atoms with Crippen LogP contribution in [0.25, 0.3) is 0 Å². The molecule has 3 N–H and O–H groups in total. The Bertz CT molecular complexity index is 824. The number of rotatable bonds is 4. The topological polar surface area (TPSA) is 50.9 Å². The zero-order valence-corrected chi connectivity index (χ0v) is 16.1. The average molecular weight is 415 g/mol. The number of alkyl halides is 3. The van der Waals surface area contributed by atoms with E-state index in [2.05, 4.69) is 10.3 Å². The molecule has 0 radical (unpaired) electrons. The van der Waals surface area contributed by atoms with Crippen LogP contribution in [0.5, 0.6) is 0 Å². The van der Waals surface area contributed by atoms with Crippen molar-refractivity contribution < 1.29 is 27.8 Å². The number of carbonyl (C=O) groups excluding carboxylic acids is 1. The molecule has 2 heterocycles. The fourth-order valence-corrected chi connectivity index (χ4v) is 3.57. The van der Waals surface area contributed by atoms with Gasteiger partial charge in [-0.05, 0) is 25.1 Å². The molecule has 1 aliphatic heterocycles. The summed E-state index contributed by atoms with van der Waals surface area (Å²) in [6, 6.07) is 9.96. The predicted molar refractivity (Wildman–Crippen MR) is 100 cm³/mol. The van der Waals surface area contributed by atoms with Crippen LogP contribution in [0.4, 0.5) is 24.7 Å². The van der Waals surface area contributed by atoms with Gasteiger partial charge in [-0.2, -0.15) is 13.2 Å². The maximum atomic E-state index is 12.8. The third-order valence-electron chi connectivity index (χ3n) is 4.97. The Labute approximate surface area is 166 Å². The molecule has 1 aromatic carbocycles. The SMILES string of the molecule is C[C@H](C(=O)Nc1ccccc1)[NH+]1CCN(c2[nH+]cc(C(F)(F)F)cc2Cl)CC1. The number of quaternary nitrogens is 1. The summed E-state index contributed by atoms with van der Waals surface area (Å²) in [7, 11) is 0. The molecule has 1 aliphatic rings. The van der Waals surface area contributed by atoms with Crippen LogP contribution in [-0.4, -0.2) is 38.1 Å². The van der Waals surface area contributed by atoms with Crippen molar-refractivity contribution in [3.8, 4) is 0 Å². The Morgan fingerprint density at radius 2 is 1.89 bits per heavy atom. The molecule has 2 aromatic rings. The fraction of sp³-hybridized carbons (Fsp3) is 0.368. The summed E-state index contributed by atoms with van der Waals surface area (Å²) in [6.07, 6.45) is -3.51. The molecule has 5 nitrogen and oxygen atoms in total. The molecule has 1 saturated heterocycles. The van der Waals surface area contributed by atoms with E-state index in [1.54, 1.807) is 0 Å². The Morgan fingerprint density at radius 3 is 2.46 bits per heavy atom.